The fraction of sp³-hybridized carbons (Fsp3) is 0.929. The Morgan fingerprint density at radius 1 is 1.31 bits per heavy atom. The van der Waals surface area contributed by atoms with Gasteiger partial charge in [0.15, 0.2) is 0 Å². The number of hydrogen-bond donors (Lipinski definition) is 1. The Balaban J connectivity index is 2.71. The van der Waals surface area contributed by atoms with Gasteiger partial charge in [-0.1, -0.05) is 34.1 Å². The van der Waals surface area contributed by atoms with E-state index in [1.165, 1.54) is 0 Å². The molecule has 1 rings (SSSR count). The van der Waals surface area contributed by atoms with Crippen LogP contribution in [0.25, 0.3) is 0 Å². The van der Waals surface area contributed by atoms with Crippen molar-refractivity contribution in [2.75, 3.05) is 0 Å². The number of unbranched alkanes of at least 4 members (excludes halogenated alkanes) is 1. The van der Waals surface area contributed by atoms with Crippen LogP contribution in [0.4, 0.5) is 0 Å². The van der Waals surface area contributed by atoms with Gasteiger partial charge in [0.25, 0.3) is 0 Å². The van der Waals surface area contributed by atoms with E-state index in [2.05, 4.69) is 27.7 Å². The third-order valence-electron chi connectivity index (χ3n) is 3.83. The first-order chi connectivity index (χ1) is 7.29. The van der Waals surface area contributed by atoms with Gasteiger partial charge in [-0.25, -0.2) is 0 Å². The van der Waals surface area contributed by atoms with Crippen LogP contribution in [0.3, 0.4) is 0 Å². The Labute approximate surface area is 100.0 Å². The molecule has 0 aliphatic heterocycles. The van der Waals surface area contributed by atoms with E-state index in [0.717, 1.165) is 38.5 Å². The molecule has 1 aliphatic rings. The summed E-state index contributed by atoms with van der Waals surface area (Å²) >= 11 is 0. The summed E-state index contributed by atoms with van der Waals surface area (Å²) in [7, 11) is 0. The van der Waals surface area contributed by atoms with E-state index >= 15 is 0 Å². The first-order valence-electron chi connectivity index (χ1n) is 6.58. The molecule has 1 saturated carbocycles. The summed E-state index contributed by atoms with van der Waals surface area (Å²) in [6.45, 7) is 8.71. The van der Waals surface area contributed by atoms with Gasteiger partial charge in [0.1, 0.15) is 5.78 Å². The summed E-state index contributed by atoms with van der Waals surface area (Å²) in [4.78, 5) is 12.3. The van der Waals surface area contributed by atoms with Crippen LogP contribution in [0, 0.1) is 10.8 Å². The molecule has 2 N–H and O–H groups in total. The number of Topliss-reactive ketones (excluding diaryl/α,β-unsaturated/α-hetero) is 1. The number of ketones is 1. The summed E-state index contributed by atoms with van der Waals surface area (Å²) in [5, 5.41) is 0. The van der Waals surface area contributed by atoms with Crippen LogP contribution < -0.4 is 5.73 Å². The minimum absolute atomic E-state index is 0.170. The average molecular weight is 225 g/mol. The number of carbonyl (C=O) groups excluding carboxylic acids is 1. The van der Waals surface area contributed by atoms with Gasteiger partial charge in [-0.2, -0.15) is 0 Å². The van der Waals surface area contributed by atoms with Gasteiger partial charge in [-0.15, -0.1) is 0 Å². The maximum absolute atomic E-state index is 12.3. The highest BCUT2D eigenvalue weighted by molar-refractivity contribution is 5.84. The van der Waals surface area contributed by atoms with E-state index in [0.29, 0.717) is 5.78 Å². The Kier molecular flexibility index (Phi) is 4.17. The molecule has 0 heterocycles. The van der Waals surface area contributed by atoms with Crippen LogP contribution in [0.15, 0.2) is 0 Å². The minimum Gasteiger partial charge on any atom is -0.328 e. The van der Waals surface area contributed by atoms with E-state index in [1.54, 1.807) is 0 Å². The van der Waals surface area contributed by atoms with E-state index in [4.69, 9.17) is 5.73 Å². The zero-order valence-corrected chi connectivity index (χ0v) is 11.3. The van der Waals surface area contributed by atoms with Crippen LogP contribution in [-0.4, -0.2) is 11.8 Å². The van der Waals surface area contributed by atoms with Gasteiger partial charge in [-0.05, 0) is 31.1 Å². The molecule has 0 radical (unpaired) electrons. The lowest BCUT2D eigenvalue weighted by Crippen LogP contribution is -2.46. The number of carbonyl (C=O) groups is 1. The fourth-order valence-corrected chi connectivity index (χ4v) is 3.41. The molecular formula is C14H27NO. The van der Waals surface area contributed by atoms with Gasteiger partial charge in [0, 0.05) is 17.9 Å². The van der Waals surface area contributed by atoms with E-state index in [9.17, 15) is 4.79 Å². The summed E-state index contributed by atoms with van der Waals surface area (Å²) in [6.07, 6.45) is 5.76. The zero-order chi connectivity index (χ0) is 12.4. The molecule has 2 atom stereocenters. The Morgan fingerprint density at radius 3 is 2.44 bits per heavy atom. The lowest BCUT2D eigenvalue weighted by molar-refractivity contribution is -0.132. The van der Waals surface area contributed by atoms with E-state index in [1.807, 2.05) is 0 Å². The number of rotatable bonds is 4. The predicted octanol–water partition coefficient (Wildman–Crippen LogP) is 3.29. The molecule has 2 heteroatoms. The molecule has 0 saturated heterocycles. The molecular weight excluding hydrogens is 198 g/mol. The molecule has 0 amide bonds. The predicted molar refractivity (Wildman–Crippen MR) is 68.2 cm³/mol. The summed E-state index contributed by atoms with van der Waals surface area (Å²) in [5.41, 5.74) is 6.15. The molecule has 1 fully saturated rings. The van der Waals surface area contributed by atoms with Crippen molar-refractivity contribution in [2.24, 2.45) is 16.6 Å². The second-order valence-corrected chi connectivity index (χ2v) is 6.60. The number of hydrogen-bond acceptors (Lipinski definition) is 2. The second kappa shape index (κ2) is 4.87. The van der Waals surface area contributed by atoms with Gasteiger partial charge in [0.2, 0.25) is 0 Å². The Morgan fingerprint density at radius 2 is 1.94 bits per heavy atom. The van der Waals surface area contributed by atoms with Gasteiger partial charge < -0.3 is 5.73 Å². The second-order valence-electron chi connectivity index (χ2n) is 6.60. The SMILES string of the molecule is CCCCC(=O)C1(C)CC(N)CC(C)(C)C1. The van der Waals surface area contributed by atoms with Crippen molar-refractivity contribution in [3.8, 4) is 0 Å². The Hall–Kier alpha value is -0.370. The van der Waals surface area contributed by atoms with E-state index in [-0.39, 0.29) is 16.9 Å². The maximum Gasteiger partial charge on any atom is 0.138 e. The highest BCUT2D eigenvalue weighted by Gasteiger charge is 2.43. The van der Waals surface area contributed by atoms with Crippen molar-refractivity contribution < 1.29 is 4.79 Å². The molecule has 2 unspecified atom stereocenters. The molecule has 16 heavy (non-hydrogen) atoms. The van der Waals surface area contributed by atoms with Crippen LogP contribution >= 0.6 is 0 Å². The fourth-order valence-electron chi connectivity index (χ4n) is 3.41. The molecule has 0 aromatic carbocycles. The van der Waals surface area contributed by atoms with Gasteiger partial charge in [0.05, 0.1) is 0 Å². The van der Waals surface area contributed by atoms with Crippen molar-refractivity contribution in [1.82, 2.24) is 0 Å². The smallest absolute Gasteiger partial charge is 0.138 e. The molecule has 0 bridgehead atoms. The molecule has 2 nitrogen and oxygen atoms in total. The van der Waals surface area contributed by atoms with Crippen molar-refractivity contribution in [2.45, 2.75) is 72.3 Å². The Bertz CT molecular complexity index is 259. The van der Waals surface area contributed by atoms with Crippen LogP contribution in [0.1, 0.15) is 66.2 Å². The maximum atomic E-state index is 12.3. The van der Waals surface area contributed by atoms with Crippen molar-refractivity contribution in [3.63, 3.8) is 0 Å². The van der Waals surface area contributed by atoms with E-state index < -0.39 is 0 Å². The monoisotopic (exact) mass is 225 g/mol. The molecule has 0 spiro atoms. The quantitative estimate of drug-likeness (QED) is 0.797. The van der Waals surface area contributed by atoms with Crippen molar-refractivity contribution >= 4 is 5.78 Å². The van der Waals surface area contributed by atoms with Crippen LogP contribution in [0.2, 0.25) is 0 Å². The largest absolute Gasteiger partial charge is 0.328 e. The third kappa shape index (κ3) is 3.31. The lowest BCUT2D eigenvalue weighted by atomic mass is 9.61. The average Bonchev–Trinajstić information content (AvgIpc) is 2.09. The minimum atomic E-state index is -0.170. The van der Waals surface area contributed by atoms with Gasteiger partial charge >= 0.3 is 0 Å². The molecule has 0 aromatic rings. The highest BCUT2D eigenvalue weighted by atomic mass is 16.1. The topological polar surface area (TPSA) is 43.1 Å². The lowest BCUT2D eigenvalue weighted by Gasteiger charge is -2.44. The molecule has 94 valence electrons. The number of nitrogens with two attached hydrogens (primary N) is 1. The van der Waals surface area contributed by atoms with Crippen molar-refractivity contribution in [3.05, 3.63) is 0 Å². The third-order valence-corrected chi connectivity index (χ3v) is 3.83. The summed E-state index contributed by atoms with van der Waals surface area (Å²) in [6, 6.07) is 0.194. The van der Waals surface area contributed by atoms with Crippen LogP contribution in [0.5, 0.6) is 0 Å². The standard InChI is InChI=1S/C14H27NO/c1-5-6-7-12(16)14(4)9-11(15)8-13(2,3)10-14/h11H,5-10,15H2,1-4H3. The summed E-state index contributed by atoms with van der Waals surface area (Å²) < 4.78 is 0. The normalized spacial score (nSPS) is 33.7. The van der Waals surface area contributed by atoms with Gasteiger partial charge in [-0.3, -0.25) is 4.79 Å². The van der Waals surface area contributed by atoms with Crippen molar-refractivity contribution in [1.29, 1.82) is 0 Å². The molecule has 0 aromatic heterocycles. The first-order valence-corrected chi connectivity index (χ1v) is 6.58. The molecule has 1 aliphatic carbocycles. The first kappa shape index (κ1) is 13.7. The van der Waals surface area contributed by atoms with Crippen LogP contribution in [-0.2, 0) is 4.79 Å². The summed E-state index contributed by atoms with van der Waals surface area (Å²) in [5.74, 6) is 0.428. The highest BCUT2D eigenvalue weighted by Crippen LogP contribution is 2.46. The zero-order valence-electron chi connectivity index (χ0n) is 11.3.